The van der Waals surface area contributed by atoms with Crippen LogP contribution in [0.25, 0.3) is 11.3 Å². The molecule has 0 bridgehead atoms. The van der Waals surface area contributed by atoms with Gasteiger partial charge in [-0.05, 0) is 17.7 Å². The van der Waals surface area contributed by atoms with E-state index in [1.807, 2.05) is 48.5 Å². The number of nitrogens with zero attached hydrogens (tertiary/aromatic N) is 1. The van der Waals surface area contributed by atoms with E-state index in [2.05, 4.69) is 15.5 Å². The standard InChI is InChI=1S/C19H17N3O3/c1-24-13-9-8-12(10-14(13)25-2)16-15-17(11-6-4-3-5-7-11)21-22-18(15)19(23)20-16/h3-10,16H,1-2H3,(H,20,23)(H,21,22)/t16-/m0/s1. The number of fused-ring (bicyclic) bond motifs is 1. The van der Waals surface area contributed by atoms with Gasteiger partial charge in [0, 0.05) is 11.1 Å². The summed E-state index contributed by atoms with van der Waals surface area (Å²) in [4.78, 5) is 12.3. The number of H-pyrrole nitrogens is 1. The van der Waals surface area contributed by atoms with Crippen LogP contribution in [0.4, 0.5) is 0 Å². The molecule has 126 valence electrons. The number of carbonyl (C=O) groups is 1. The fraction of sp³-hybridized carbons (Fsp3) is 0.158. The van der Waals surface area contributed by atoms with Gasteiger partial charge in [0.1, 0.15) is 5.69 Å². The molecular weight excluding hydrogens is 318 g/mol. The normalized spacial score (nSPS) is 15.6. The zero-order valence-electron chi connectivity index (χ0n) is 13.9. The first-order valence-corrected chi connectivity index (χ1v) is 7.89. The Labute approximate surface area is 144 Å². The van der Waals surface area contributed by atoms with E-state index in [4.69, 9.17) is 9.47 Å². The number of aromatic amines is 1. The number of rotatable bonds is 4. The van der Waals surface area contributed by atoms with Crippen molar-refractivity contribution >= 4 is 5.91 Å². The summed E-state index contributed by atoms with van der Waals surface area (Å²) < 4.78 is 10.7. The Hall–Kier alpha value is -3.28. The summed E-state index contributed by atoms with van der Waals surface area (Å²) in [6, 6.07) is 15.1. The summed E-state index contributed by atoms with van der Waals surface area (Å²) >= 11 is 0. The molecule has 2 N–H and O–H groups in total. The average molecular weight is 335 g/mol. The Morgan fingerprint density at radius 3 is 2.48 bits per heavy atom. The first-order valence-electron chi connectivity index (χ1n) is 7.89. The highest BCUT2D eigenvalue weighted by Crippen LogP contribution is 2.39. The quantitative estimate of drug-likeness (QED) is 0.769. The van der Waals surface area contributed by atoms with Gasteiger partial charge in [0.25, 0.3) is 5.91 Å². The minimum Gasteiger partial charge on any atom is -0.493 e. The third-order valence-electron chi connectivity index (χ3n) is 4.38. The summed E-state index contributed by atoms with van der Waals surface area (Å²) in [5.74, 6) is 1.10. The minimum absolute atomic E-state index is 0.163. The third-order valence-corrected chi connectivity index (χ3v) is 4.38. The van der Waals surface area contributed by atoms with Gasteiger partial charge >= 0.3 is 0 Å². The van der Waals surface area contributed by atoms with E-state index in [0.717, 1.165) is 22.4 Å². The smallest absolute Gasteiger partial charge is 0.270 e. The number of hydrogen-bond acceptors (Lipinski definition) is 4. The van der Waals surface area contributed by atoms with Crippen LogP contribution in [0, 0.1) is 0 Å². The first kappa shape index (κ1) is 15.3. The lowest BCUT2D eigenvalue weighted by atomic mass is 9.96. The lowest BCUT2D eigenvalue weighted by Crippen LogP contribution is -2.21. The van der Waals surface area contributed by atoms with Crippen molar-refractivity contribution < 1.29 is 14.3 Å². The van der Waals surface area contributed by atoms with E-state index in [1.54, 1.807) is 14.2 Å². The van der Waals surface area contributed by atoms with Crippen LogP contribution in [-0.4, -0.2) is 30.3 Å². The average Bonchev–Trinajstić information content (AvgIpc) is 3.23. The Balaban J connectivity index is 1.83. The van der Waals surface area contributed by atoms with Gasteiger partial charge in [0.05, 0.1) is 26.0 Å². The molecule has 25 heavy (non-hydrogen) atoms. The van der Waals surface area contributed by atoms with Gasteiger partial charge in [0.2, 0.25) is 0 Å². The highest BCUT2D eigenvalue weighted by molar-refractivity contribution is 6.00. The van der Waals surface area contributed by atoms with Crippen molar-refractivity contribution in [2.24, 2.45) is 0 Å². The Morgan fingerprint density at radius 1 is 1.00 bits per heavy atom. The molecule has 0 aliphatic carbocycles. The maximum atomic E-state index is 12.3. The number of benzene rings is 2. The van der Waals surface area contributed by atoms with E-state index in [-0.39, 0.29) is 11.9 Å². The molecule has 1 aliphatic rings. The van der Waals surface area contributed by atoms with Crippen molar-refractivity contribution in [3.63, 3.8) is 0 Å². The molecule has 0 unspecified atom stereocenters. The van der Waals surface area contributed by atoms with E-state index in [9.17, 15) is 4.79 Å². The highest BCUT2D eigenvalue weighted by Gasteiger charge is 2.35. The minimum atomic E-state index is -0.295. The summed E-state index contributed by atoms with van der Waals surface area (Å²) in [6.45, 7) is 0. The van der Waals surface area contributed by atoms with Crippen molar-refractivity contribution in [1.82, 2.24) is 15.5 Å². The SMILES string of the molecule is COc1ccc([C@@H]2NC(=O)c3[nH]nc(-c4ccccc4)c32)cc1OC. The second-order valence-corrected chi connectivity index (χ2v) is 5.75. The van der Waals surface area contributed by atoms with Crippen molar-refractivity contribution in [2.75, 3.05) is 14.2 Å². The number of nitrogens with one attached hydrogen (secondary N) is 2. The lowest BCUT2D eigenvalue weighted by molar-refractivity contribution is 0.0955. The van der Waals surface area contributed by atoms with Crippen molar-refractivity contribution in [3.8, 4) is 22.8 Å². The second-order valence-electron chi connectivity index (χ2n) is 5.75. The molecule has 0 radical (unpaired) electrons. The largest absolute Gasteiger partial charge is 0.493 e. The molecule has 2 aromatic carbocycles. The van der Waals surface area contributed by atoms with Crippen LogP contribution in [0.5, 0.6) is 11.5 Å². The molecule has 6 nitrogen and oxygen atoms in total. The molecule has 6 heteroatoms. The molecule has 1 aromatic heterocycles. The molecular formula is C19H17N3O3. The molecule has 1 amide bonds. The summed E-state index contributed by atoms with van der Waals surface area (Å²) in [6.07, 6.45) is 0. The number of amides is 1. The Bertz CT molecular complexity index is 934. The summed E-state index contributed by atoms with van der Waals surface area (Å²) in [5, 5.41) is 10.2. The van der Waals surface area contributed by atoms with Crippen LogP contribution in [-0.2, 0) is 0 Å². The number of hydrogen-bond donors (Lipinski definition) is 2. The second kappa shape index (κ2) is 5.98. The van der Waals surface area contributed by atoms with Gasteiger partial charge in [-0.15, -0.1) is 0 Å². The van der Waals surface area contributed by atoms with Crippen LogP contribution in [0.3, 0.4) is 0 Å². The zero-order valence-corrected chi connectivity index (χ0v) is 13.9. The van der Waals surface area contributed by atoms with Crippen molar-refractivity contribution in [2.45, 2.75) is 6.04 Å². The van der Waals surface area contributed by atoms with Crippen LogP contribution < -0.4 is 14.8 Å². The predicted octanol–water partition coefficient (Wildman–Crippen LogP) is 2.93. The molecule has 1 atom stereocenters. The van der Waals surface area contributed by atoms with Crippen LogP contribution in [0.1, 0.15) is 27.7 Å². The third kappa shape index (κ3) is 2.42. The number of methoxy groups -OCH3 is 2. The fourth-order valence-corrected chi connectivity index (χ4v) is 3.18. The van der Waals surface area contributed by atoms with Gasteiger partial charge < -0.3 is 14.8 Å². The lowest BCUT2D eigenvalue weighted by Gasteiger charge is -2.16. The first-order chi connectivity index (χ1) is 12.2. The monoisotopic (exact) mass is 335 g/mol. The fourth-order valence-electron chi connectivity index (χ4n) is 3.18. The topological polar surface area (TPSA) is 76.2 Å². The van der Waals surface area contributed by atoms with E-state index >= 15 is 0 Å². The molecule has 4 rings (SSSR count). The Morgan fingerprint density at radius 2 is 1.76 bits per heavy atom. The van der Waals surface area contributed by atoms with Gasteiger partial charge in [-0.1, -0.05) is 36.4 Å². The van der Waals surface area contributed by atoms with Gasteiger partial charge in [0.15, 0.2) is 11.5 Å². The van der Waals surface area contributed by atoms with Crippen LogP contribution in [0.15, 0.2) is 48.5 Å². The Kier molecular flexibility index (Phi) is 3.65. The molecule has 1 aliphatic heterocycles. The molecule has 2 heterocycles. The van der Waals surface area contributed by atoms with Gasteiger partial charge in [-0.2, -0.15) is 5.10 Å². The number of aromatic nitrogens is 2. The molecule has 0 saturated heterocycles. The predicted molar refractivity (Wildman–Crippen MR) is 92.9 cm³/mol. The van der Waals surface area contributed by atoms with E-state index in [0.29, 0.717) is 17.2 Å². The van der Waals surface area contributed by atoms with E-state index < -0.39 is 0 Å². The van der Waals surface area contributed by atoms with Crippen molar-refractivity contribution in [1.29, 1.82) is 0 Å². The van der Waals surface area contributed by atoms with Crippen molar-refractivity contribution in [3.05, 3.63) is 65.4 Å². The molecule has 0 fully saturated rings. The van der Waals surface area contributed by atoms with Gasteiger partial charge in [-0.3, -0.25) is 9.89 Å². The number of ether oxygens (including phenoxy) is 2. The highest BCUT2D eigenvalue weighted by atomic mass is 16.5. The van der Waals surface area contributed by atoms with Gasteiger partial charge in [-0.25, -0.2) is 0 Å². The van der Waals surface area contributed by atoms with Crippen LogP contribution >= 0.6 is 0 Å². The summed E-state index contributed by atoms with van der Waals surface area (Å²) in [5.41, 5.74) is 3.99. The molecule has 3 aromatic rings. The zero-order chi connectivity index (χ0) is 17.4. The molecule has 0 saturated carbocycles. The maximum absolute atomic E-state index is 12.3. The maximum Gasteiger partial charge on any atom is 0.270 e. The number of carbonyl (C=O) groups excluding carboxylic acids is 1. The molecule has 0 spiro atoms. The summed E-state index contributed by atoms with van der Waals surface area (Å²) in [7, 11) is 3.18. The van der Waals surface area contributed by atoms with Crippen LogP contribution in [0.2, 0.25) is 0 Å². The van der Waals surface area contributed by atoms with E-state index in [1.165, 1.54) is 0 Å².